The molecule has 1 aromatic carbocycles. The van der Waals surface area contributed by atoms with E-state index in [4.69, 9.17) is 0 Å². The summed E-state index contributed by atoms with van der Waals surface area (Å²) in [5.41, 5.74) is 2.75. The number of hydrogen-bond acceptors (Lipinski definition) is 2. The average molecular weight is 298 g/mol. The van der Waals surface area contributed by atoms with E-state index >= 15 is 0 Å². The van der Waals surface area contributed by atoms with Gasteiger partial charge in [0.1, 0.15) is 0 Å². The molecule has 0 aliphatic carbocycles. The second kappa shape index (κ2) is 6.92. The number of benzene rings is 1. The van der Waals surface area contributed by atoms with Gasteiger partial charge in [-0.2, -0.15) is 0 Å². The minimum absolute atomic E-state index is 0.958. The van der Waals surface area contributed by atoms with Crippen molar-refractivity contribution < 1.29 is 0 Å². The van der Waals surface area contributed by atoms with E-state index in [9.17, 15) is 0 Å². The molecular formula is C18H22N2S. The largest absolute Gasteiger partial charge is 0.347 e. The fourth-order valence-electron chi connectivity index (χ4n) is 2.72. The second-order valence-electron chi connectivity index (χ2n) is 5.37. The molecule has 110 valence electrons. The normalized spacial score (nSPS) is 11.3. The molecule has 0 aliphatic heterocycles. The van der Waals surface area contributed by atoms with Gasteiger partial charge in [0.05, 0.1) is 0 Å². The van der Waals surface area contributed by atoms with Crippen molar-refractivity contribution in [2.75, 3.05) is 6.54 Å². The molecule has 0 aliphatic rings. The van der Waals surface area contributed by atoms with Crippen molar-refractivity contribution in [3.8, 4) is 0 Å². The Labute approximate surface area is 130 Å². The van der Waals surface area contributed by atoms with E-state index in [2.05, 4.69) is 64.8 Å². The first-order valence-electron chi connectivity index (χ1n) is 7.68. The van der Waals surface area contributed by atoms with Gasteiger partial charge in [-0.1, -0.05) is 25.1 Å². The lowest BCUT2D eigenvalue weighted by Crippen LogP contribution is -2.13. The van der Waals surface area contributed by atoms with E-state index in [1.807, 2.05) is 11.3 Å². The number of thiophene rings is 1. The summed E-state index contributed by atoms with van der Waals surface area (Å²) in [7, 11) is 0. The highest BCUT2D eigenvalue weighted by Crippen LogP contribution is 2.21. The highest BCUT2D eigenvalue weighted by molar-refractivity contribution is 7.09. The molecule has 0 spiro atoms. The van der Waals surface area contributed by atoms with Crippen molar-refractivity contribution >= 4 is 22.2 Å². The van der Waals surface area contributed by atoms with Gasteiger partial charge in [0.25, 0.3) is 0 Å². The first kappa shape index (κ1) is 14.4. The van der Waals surface area contributed by atoms with E-state index in [-0.39, 0.29) is 0 Å². The van der Waals surface area contributed by atoms with Gasteiger partial charge < -0.3 is 9.88 Å². The summed E-state index contributed by atoms with van der Waals surface area (Å²) in [4.78, 5) is 1.46. The average Bonchev–Trinajstić information content (AvgIpc) is 3.15. The zero-order valence-electron chi connectivity index (χ0n) is 12.5. The number of hydrogen-bond donors (Lipinski definition) is 1. The molecule has 3 rings (SSSR count). The Morgan fingerprint density at radius 1 is 1.14 bits per heavy atom. The Morgan fingerprint density at radius 2 is 2.10 bits per heavy atom. The highest BCUT2D eigenvalue weighted by Gasteiger charge is 2.05. The molecule has 3 heteroatoms. The molecule has 0 saturated heterocycles. The molecule has 3 aromatic rings. The van der Waals surface area contributed by atoms with Gasteiger partial charge in [0.2, 0.25) is 0 Å². The quantitative estimate of drug-likeness (QED) is 0.638. The van der Waals surface area contributed by atoms with Crippen LogP contribution in [-0.2, 0) is 19.5 Å². The predicted molar refractivity (Wildman–Crippen MR) is 92.0 cm³/mol. The van der Waals surface area contributed by atoms with Crippen LogP contribution < -0.4 is 5.32 Å². The number of nitrogens with one attached hydrogen (secondary N) is 1. The Balaban J connectivity index is 1.76. The number of fused-ring (bicyclic) bond motifs is 1. The Hall–Kier alpha value is -1.58. The van der Waals surface area contributed by atoms with Gasteiger partial charge in [-0.25, -0.2) is 0 Å². The van der Waals surface area contributed by atoms with Crippen LogP contribution in [-0.4, -0.2) is 11.1 Å². The second-order valence-corrected chi connectivity index (χ2v) is 6.40. The third-order valence-corrected chi connectivity index (χ3v) is 4.76. The van der Waals surface area contributed by atoms with E-state index in [1.54, 1.807) is 0 Å². The lowest BCUT2D eigenvalue weighted by molar-refractivity contribution is 0.678. The Kier molecular flexibility index (Phi) is 4.73. The van der Waals surface area contributed by atoms with Crippen LogP contribution in [0.4, 0.5) is 0 Å². The summed E-state index contributed by atoms with van der Waals surface area (Å²) in [5, 5.41) is 7.03. The van der Waals surface area contributed by atoms with Gasteiger partial charge in [-0.15, -0.1) is 11.3 Å². The zero-order chi connectivity index (χ0) is 14.5. The van der Waals surface area contributed by atoms with Gasteiger partial charge in [0.15, 0.2) is 0 Å². The smallest absolute Gasteiger partial charge is 0.0483 e. The topological polar surface area (TPSA) is 17.0 Å². The zero-order valence-corrected chi connectivity index (χ0v) is 13.3. The molecule has 0 fully saturated rings. The SMILES string of the molecule is CCCNCc1cccc2c1ccn2CCc1cccs1. The summed E-state index contributed by atoms with van der Waals surface area (Å²) in [6.45, 7) is 5.29. The third-order valence-electron chi connectivity index (χ3n) is 3.83. The van der Waals surface area contributed by atoms with Crippen molar-refractivity contribution in [2.24, 2.45) is 0 Å². The highest BCUT2D eigenvalue weighted by atomic mass is 32.1. The van der Waals surface area contributed by atoms with Gasteiger partial charge >= 0.3 is 0 Å². The molecule has 0 atom stereocenters. The van der Waals surface area contributed by atoms with Crippen LogP contribution in [0.15, 0.2) is 48.0 Å². The summed E-state index contributed by atoms with van der Waals surface area (Å²) >= 11 is 1.84. The van der Waals surface area contributed by atoms with Gasteiger partial charge in [-0.05, 0) is 48.5 Å². The van der Waals surface area contributed by atoms with Crippen LogP contribution in [0.25, 0.3) is 10.9 Å². The van der Waals surface area contributed by atoms with Crippen molar-refractivity contribution in [2.45, 2.75) is 32.9 Å². The van der Waals surface area contributed by atoms with Crippen LogP contribution in [0.2, 0.25) is 0 Å². The lowest BCUT2D eigenvalue weighted by atomic mass is 10.1. The minimum Gasteiger partial charge on any atom is -0.347 e. The molecular weight excluding hydrogens is 276 g/mol. The Bertz CT molecular complexity index is 682. The molecule has 1 N–H and O–H groups in total. The predicted octanol–water partition coefficient (Wildman–Crippen LogP) is 4.45. The van der Waals surface area contributed by atoms with Crippen molar-refractivity contribution in [3.63, 3.8) is 0 Å². The van der Waals surface area contributed by atoms with Crippen molar-refractivity contribution in [1.82, 2.24) is 9.88 Å². The standard InChI is InChI=1S/C18H22N2S/c1-2-10-19-14-15-5-3-7-18-17(15)9-12-20(18)11-8-16-6-4-13-21-16/h3-7,9,12-13,19H,2,8,10-11,14H2,1H3. The van der Waals surface area contributed by atoms with Crippen LogP contribution in [0.5, 0.6) is 0 Å². The maximum absolute atomic E-state index is 3.50. The van der Waals surface area contributed by atoms with E-state index in [0.29, 0.717) is 0 Å². The molecule has 2 heterocycles. The van der Waals surface area contributed by atoms with E-state index < -0.39 is 0 Å². The number of aromatic nitrogens is 1. The van der Waals surface area contributed by atoms with Gasteiger partial charge in [-0.3, -0.25) is 0 Å². The molecule has 0 amide bonds. The molecule has 2 nitrogen and oxygen atoms in total. The third kappa shape index (κ3) is 3.36. The minimum atomic E-state index is 0.958. The first-order valence-corrected chi connectivity index (χ1v) is 8.56. The molecule has 0 unspecified atom stereocenters. The Morgan fingerprint density at radius 3 is 2.90 bits per heavy atom. The summed E-state index contributed by atoms with van der Waals surface area (Å²) in [6, 6.07) is 13.2. The van der Waals surface area contributed by atoms with E-state index in [1.165, 1.54) is 27.8 Å². The summed E-state index contributed by atoms with van der Waals surface area (Å²) in [5.74, 6) is 0. The summed E-state index contributed by atoms with van der Waals surface area (Å²) < 4.78 is 2.37. The molecule has 0 bridgehead atoms. The molecule has 0 saturated carbocycles. The molecule has 21 heavy (non-hydrogen) atoms. The number of nitrogens with zero attached hydrogens (tertiary/aromatic N) is 1. The molecule has 2 aromatic heterocycles. The summed E-state index contributed by atoms with van der Waals surface area (Å²) in [6.07, 6.45) is 4.51. The maximum Gasteiger partial charge on any atom is 0.0483 e. The number of aryl methyl sites for hydroxylation is 2. The molecule has 0 radical (unpaired) electrons. The van der Waals surface area contributed by atoms with Crippen LogP contribution in [0.3, 0.4) is 0 Å². The monoisotopic (exact) mass is 298 g/mol. The lowest BCUT2D eigenvalue weighted by Gasteiger charge is -2.07. The number of rotatable bonds is 7. The van der Waals surface area contributed by atoms with Crippen LogP contribution >= 0.6 is 11.3 Å². The van der Waals surface area contributed by atoms with Crippen molar-refractivity contribution in [1.29, 1.82) is 0 Å². The van der Waals surface area contributed by atoms with Crippen LogP contribution in [0.1, 0.15) is 23.8 Å². The van der Waals surface area contributed by atoms with Gasteiger partial charge in [0, 0.05) is 35.1 Å². The first-order chi connectivity index (χ1) is 10.4. The fourth-order valence-corrected chi connectivity index (χ4v) is 3.42. The fraction of sp³-hybridized carbons (Fsp3) is 0.333. The maximum atomic E-state index is 3.50. The van der Waals surface area contributed by atoms with E-state index in [0.717, 1.165) is 26.1 Å². The van der Waals surface area contributed by atoms with Crippen molar-refractivity contribution in [3.05, 3.63) is 58.4 Å². The van der Waals surface area contributed by atoms with Crippen LogP contribution in [0, 0.1) is 0 Å².